The van der Waals surface area contributed by atoms with Gasteiger partial charge in [-0.1, -0.05) is 24.3 Å². The Kier molecular flexibility index (Phi) is 4.93. The number of carbonyl (C=O) groups is 2. The Morgan fingerprint density at radius 2 is 1.76 bits per heavy atom. The number of likely N-dealkylation sites (tertiary alicyclic amines) is 1. The number of aliphatic carboxylic acids is 1. The van der Waals surface area contributed by atoms with Crippen LogP contribution in [0.4, 0.5) is 0 Å². The monoisotopic (exact) mass is 341 g/mol. The summed E-state index contributed by atoms with van der Waals surface area (Å²) < 4.78 is 5.24. The summed E-state index contributed by atoms with van der Waals surface area (Å²) in [4.78, 5) is 25.6. The number of amides is 1. The molecular formula is C20H23NO4. The minimum absolute atomic E-state index is 0.0664. The molecular weight excluding hydrogens is 318 g/mol. The van der Waals surface area contributed by atoms with Gasteiger partial charge in [0.25, 0.3) is 0 Å². The van der Waals surface area contributed by atoms with Gasteiger partial charge in [0.05, 0.1) is 18.9 Å². The Hall–Kier alpha value is -2.56. The summed E-state index contributed by atoms with van der Waals surface area (Å²) in [5, 5.41) is 11.2. The molecule has 1 atom stereocenters. The fourth-order valence-corrected chi connectivity index (χ4v) is 3.40. The van der Waals surface area contributed by atoms with E-state index in [-0.39, 0.29) is 17.7 Å². The van der Waals surface area contributed by atoms with Gasteiger partial charge in [-0.15, -0.1) is 0 Å². The normalized spacial score (nSPS) is 16.6. The van der Waals surface area contributed by atoms with Gasteiger partial charge in [-0.05, 0) is 48.2 Å². The van der Waals surface area contributed by atoms with E-state index in [0.717, 1.165) is 22.1 Å². The molecule has 5 nitrogen and oxygen atoms in total. The molecule has 0 bridgehead atoms. The number of piperidine rings is 1. The Balaban J connectivity index is 1.74. The van der Waals surface area contributed by atoms with E-state index in [2.05, 4.69) is 0 Å². The summed E-state index contributed by atoms with van der Waals surface area (Å²) in [6, 6.07) is 11.9. The standard InChI is InChI=1S/C20H23NO4/c1-13(19(22)21-9-7-14(8-10-21)20(23)24)15-3-4-17-12-18(25-2)6-5-16(17)11-15/h3-6,11-14H,7-10H2,1-2H3,(H,23,24). The van der Waals surface area contributed by atoms with Gasteiger partial charge in [0.15, 0.2) is 0 Å². The van der Waals surface area contributed by atoms with E-state index >= 15 is 0 Å². The third-order valence-electron chi connectivity index (χ3n) is 5.10. The predicted molar refractivity (Wildman–Crippen MR) is 95.9 cm³/mol. The van der Waals surface area contributed by atoms with Gasteiger partial charge in [-0.25, -0.2) is 0 Å². The second-order valence-corrected chi connectivity index (χ2v) is 6.63. The number of hydrogen-bond donors (Lipinski definition) is 1. The average Bonchev–Trinajstić information content (AvgIpc) is 2.66. The van der Waals surface area contributed by atoms with Crippen molar-refractivity contribution in [2.75, 3.05) is 20.2 Å². The topological polar surface area (TPSA) is 66.8 Å². The Labute approximate surface area is 147 Å². The highest BCUT2D eigenvalue weighted by atomic mass is 16.5. The van der Waals surface area contributed by atoms with Crippen LogP contribution < -0.4 is 4.74 Å². The van der Waals surface area contributed by atoms with Crippen molar-refractivity contribution in [1.82, 2.24) is 4.90 Å². The molecule has 5 heteroatoms. The number of fused-ring (bicyclic) bond motifs is 1. The minimum Gasteiger partial charge on any atom is -0.497 e. The molecule has 0 spiro atoms. The first-order chi connectivity index (χ1) is 12.0. The lowest BCUT2D eigenvalue weighted by Gasteiger charge is -2.32. The number of rotatable bonds is 4. The molecule has 2 aromatic carbocycles. The van der Waals surface area contributed by atoms with E-state index in [4.69, 9.17) is 9.84 Å². The molecule has 0 radical (unpaired) electrons. The van der Waals surface area contributed by atoms with E-state index in [0.29, 0.717) is 25.9 Å². The highest BCUT2D eigenvalue weighted by Gasteiger charge is 2.29. The molecule has 1 heterocycles. The Morgan fingerprint density at radius 3 is 2.40 bits per heavy atom. The molecule has 2 aromatic rings. The number of ether oxygens (including phenoxy) is 1. The molecule has 132 valence electrons. The van der Waals surface area contributed by atoms with Crippen molar-refractivity contribution in [1.29, 1.82) is 0 Å². The summed E-state index contributed by atoms with van der Waals surface area (Å²) >= 11 is 0. The van der Waals surface area contributed by atoms with Crippen LogP contribution in [0.15, 0.2) is 36.4 Å². The highest BCUT2D eigenvalue weighted by Crippen LogP contribution is 2.27. The number of methoxy groups -OCH3 is 1. The Morgan fingerprint density at radius 1 is 1.12 bits per heavy atom. The van der Waals surface area contributed by atoms with Crippen molar-refractivity contribution in [3.05, 3.63) is 42.0 Å². The van der Waals surface area contributed by atoms with Crippen LogP contribution >= 0.6 is 0 Å². The zero-order valence-corrected chi connectivity index (χ0v) is 14.6. The molecule has 1 amide bonds. The van der Waals surface area contributed by atoms with Gasteiger partial charge in [0.2, 0.25) is 5.91 Å². The molecule has 1 aliphatic heterocycles. The van der Waals surface area contributed by atoms with Crippen LogP contribution in [0.5, 0.6) is 5.75 Å². The van der Waals surface area contributed by atoms with Crippen LogP contribution in [0.3, 0.4) is 0 Å². The van der Waals surface area contributed by atoms with Crippen molar-refractivity contribution in [2.45, 2.75) is 25.7 Å². The first kappa shape index (κ1) is 17.3. The van der Waals surface area contributed by atoms with E-state index < -0.39 is 5.97 Å². The van der Waals surface area contributed by atoms with Gasteiger partial charge in [-0.3, -0.25) is 9.59 Å². The lowest BCUT2D eigenvalue weighted by atomic mass is 9.93. The lowest BCUT2D eigenvalue weighted by molar-refractivity contribution is -0.146. The van der Waals surface area contributed by atoms with Crippen LogP contribution in [0.25, 0.3) is 10.8 Å². The van der Waals surface area contributed by atoms with E-state index in [1.165, 1.54) is 0 Å². The van der Waals surface area contributed by atoms with E-state index in [9.17, 15) is 9.59 Å². The zero-order chi connectivity index (χ0) is 18.0. The van der Waals surface area contributed by atoms with Gasteiger partial charge in [-0.2, -0.15) is 0 Å². The third kappa shape index (κ3) is 3.60. The summed E-state index contributed by atoms with van der Waals surface area (Å²) in [5.74, 6) is -0.449. The third-order valence-corrected chi connectivity index (χ3v) is 5.10. The van der Waals surface area contributed by atoms with Crippen LogP contribution in [0.2, 0.25) is 0 Å². The maximum atomic E-state index is 12.8. The Bertz CT molecular complexity index is 793. The number of nitrogens with zero attached hydrogens (tertiary/aromatic N) is 1. The molecule has 1 fully saturated rings. The highest BCUT2D eigenvalue weighted by molar-refractivity contribution is 5.88. The second-order valence-electron chi connectivity index (χ2n) is 6.63. The largest absolute Gasteiger partial charge is 0.497 e. The van der Waals surface area contributed by atoms with Crippen molar-refractivity contribution < 1.29 is 19.4 Å². The average molecular weight is 341 g/mol. The smallest absolute Gasteiger partial charge is 0.306 e. The van der Waals surface area contributed by atoms with Gasteiger partial charge in [0, 0.05) is 13.1 Å². The predicted octanol–water partition coefficient (Wildman–Crippen LogP) is 3.28. The van der Waals surface area contributed by atoms with Crippen molar-refractivity contribution in [2.24, 2.45) is 5.92 Å². The van der Waals surface area contributed by atoms with Crippen LogP contribution in [0, 0.1) is 5.92 Å². The number of benzene rings is 2. The number of carboxylic acid groups (broad SMARTS) is 1. The maximum absolute atomic E-state index is 12.8. The first-order valence-corrected chi connectivity index (χ1v) is 8.59. The number of carbonyl (C=O) groups excluding carboxylic acids is 1. The van der Waals surface area contributed by atoms with Crippen molar-refractivity contribution in [3.8, 4) is 5.75 Å². The lowest BCUT2D eigenvalue weighted by Crippen LogP contribution is -2.42. The van der Waals surface area contributed by atoms with Gasteiger partial charge in [0.1, 0.15) is 5.75 Å². The minimum atomic E-state index is -0.759. The number of hydrogen-bond acceptors (Lipinski definition) is 3. The molecule has 1 unspecified atom stereocenters. The first-order valence-electron chi connectivity index (χ1n) is 8.59. The summed E-state index contributed by atoms with van der Waals surface area (Å²) in [5.41, 5.74) is 0.975. The molecule has 0 saturated carbocycles. The molecule has 1 aliphatic rings. The van der Waals surface area contributed by atoms with Crippen LogP contribution in [0.1, 0.15) is 31.2 Å². The van der Waals surface area contributed by atoms with Crippen LogP contribution in [-0.4, -0.2) is 42.1 Å². The molecule has 1 N–H and O–H groups in total. The molecule has 25 heavy (non-hydrogen) atoms. The van der Waals surface area contributed by atoms with E-state index in [1.54, 1.807) is 12.0 Å². The summed E-state index contributed by atoms with van der Waals surface area (Å²) in [6.07, 6.45) is 1.07. The van der Waals surface area contributed by atoms with Crippen molar-refractivity contribution in [3.63, 3.8) is 0 Å². The molecule has 0 aromatic heterocycles. The van der Waals surface area contributed by atoms with Crippen molar-refractivity contribution >= 4 is 22.6 Å². The summed E-state index contributed by atoms with van der Waals surface area (Å²) in [7, 11) is 1.64. The maximum Gasteiger partial charge on any atom is 0.306 e. The second kappa shape index (κ2) is 7.13. The fraction of sp³-hybridized carbons (Fsp3) is 0.400. The quantitative estimate of drug-likeness (QED) is 0.927. The van der Waals surface area contributed by atoms with Gasteiger partial charge >= 0.3 is 5.97 Å². The zero-order valence-electron chi connectivity index (χ0n) is 14.6. The summed E-state index contributed by atoms with van der Waals surface area (Å²) in [6.45, 7) is 2.95. The van der Waals surface area contributed by atoms with Gasteiger partial charge < -0.3 is 14.7 Å². The molecule has 3 rings (SSSR count). The molecule has 0 aliphatic carbocycles. The van der Waals surface area contributed by atoms with Crippen LogP contribution in [-0.2, 0) is 9.59 Å². The number of carboxylic acids is 1. The molecule has 1 saturated heterocycles. The SMILES string of the molecule is COc1ccc2cc(C(C)C(=O)N3CCC(C(=O)O)CC3)ccc2c1. The fourth-order valence-electron chi connectivity index (χ4n) is 3.40. The van der Waals surface area contributed by atoms with E-state index in [1.807, 2.05) is 43.3 Å².